The predicted molar refractivity (Wildman–Crippen MR) is 88.4 cm³/mol. The second kappa shape index (κ2) is 8.44. The van der Waals surface area contributed by atoms with E-state index in [4.69, 9.17) is 9.47 Å². The molecule has 1 aliphatic heterocycles. The summed E-state index contributed by atoms with van der Waals surface area (Å²) in [7, 11) is 0. The number of halogens is 1. The lowest BCUT2D eigenvalue weighted by Gasteiger charge is -2.24. The van der Waals surface area contributed by atoms with Crippen LogP contribution < -0.4 is 10.1 Å². The molecule has 6 heteroatoms. The molecule has 1 heterocycles. The fourth-order valence-electron chi connectivity index (χ4n) is 2.97. The van der Waals surface area contributed by atoms with Crippen molar-refractivity contribution in [3.8, 4) is 5.75 Å². The maximum absolute atomic E-state index is 12.8. The van der Waals surface area contributed by atoms with Crippen molar-refractivity contribution < 1.29 is 18.7 Å². The minimum absolute atomic E-state index is 0.0310. The second-order valence-electron chi connectivity index (χ2n) is 6.54. The fourth-order valence-corrected chi connectivity index (χ4v) is 2.97. The maximum Gasteiger partial charge on any atom is 0.234 e. The molecule has 0 spiro atoms. The van der Waals surface area contributed by atoms with E-state index in [0.717, 1.165) is 26.2 Å². The minimum Gasteiger partial charge on any atom is -0.492 e. The maximum atomic E-state index is 12.8. The molecule has 3 rings (SSSR count). The number of rotatable bonds is 9. The molecule has 5 nitrogen and oxygen atoms in total. The molecule has 1 saturated carbocycles. The third-order valence-electron chi connectivity index (χ3n) is 4.43. The summed E-state index contributed by atoms with van der Waals surface area (Å²) in [4.78, 5) is 14.4. The average molecular weight is 336 g/mol. The van der Waals surface area contributed by atoms with Crippen molar-refractivity contribution in [2.45, 2.75) is 25.3 Å². The van der Waals surface area contributed by atoms with Gasteiger partial charge in [0.2, 0.25) is 5.91 Å². The van der Waals surface area contributed by atoms with Crippen LogP contribution in [0.4, 0.5) is 4.39 Å². The van der Waals surface area contributed by atoms with Gasteiger partial charge in [0.15, 0.2) is 0 Å². The van der Waals surface area contributed by atoms with E-state index in [2.05, 4.69) is 10.2 Å². The Balaban J connectivity index is 1.34. The van der Waals surface area contributed by atoms with E-state index in [-0.39, 0.29) is 11.7 Å². The Labute approximate surface area is 142 Å². The van der Waals surface area contributed by atoms with Gasteiger partial charge in [0, 0.05) is 19.2 Å². The summed E-state index contributed by atoms with van der Waals surface area (Å²) in [6, 6.07) is 6.43. The van der Waals surface area contributed by atoms with Gasteiger partial charge in [-0.05, 0) is 49.4 Å². The van der Waals surface area contributed by atoms with Crippen molar-refractivity contribution in [3.05, 3.63) is 30.1 Å². The second-order valence-corrected chi connectivity index (χ2v) is 6.54. The molecule has 1 aromatic carbocycles. The first-order valence-corrected chi connectivity index (χ1v) is 8.67. The van der Waals surface area contributed by atoms with Crippen LogP contribution in [0.5, 0.6) is 5.75 Å². The quantitative estimate of drug-likeness (QED) is 0.699. The van der Waals surface area contributed by atoms with Crippen LogP contribution in [0.25, 0.3) is 0 Å². The minimum atomic E-state index is -0.288. The monoisotopic (exact) mass is 336 g/mol. The topological polar surface area (TPSA) is 50.8 Å². The van der Waals surface area contributed by atoms with Crippen LogP contribution in [0, 0.1) is 11.7 Å². The van der Waals surface area contributed by atoms with E-state index in [9.17, 15) is 9.18 Å². The summed E-state index contributed by atoms with van der Waals surface area (Å²) >= 11 is 0. The largest absolute Gasteiger partial charge is 0.492 e. The summed E-state index contributed by atoms with van der Waals surface area (Å²) in [6.07, 6.45) is 3.47. The molecule has 0 radical (unpaired) electrons. The Bertz CT molecular complexity index is 528. The number of ether oxygens (including phenoxy) is 2. The highest BCUT2D eigenvalue weighted by Crippen LogP contribution is 2.28. The first-order valence-electron chi connectivity index (χ1n) is 8.67. The van der Waals surface area contributed by atoms with Gasteiger partial charge in [0.05, 0.1) is 19.7 Å². The van der Waals surface area contributed by atoms with E-state index >= 15 is 0 Å². The SMILES string of the molecule is O=C(CN(CC1CCOC1)C1CC1)NCCOc1ccc(F)cc1. The number of carbonyl (C=O) groups is 1. The first-order chi connectivity index (χ1) is 11.7. The van der Waals surface area contributed by atoms with Crippen LogP contribution in [0.1, 0.15) is 19.3 Å². The lowest BCUT2D eigenvalue weighted by atomic mass is 10.1. The Morgan fingerprint density at radius 3 is 2.75 bits per heavy atom. The predicted octanol–water partition coefficient (Wildman–Crippen LogP) is 1.82. The van der Waals surface area contributed by atoms with Crippen molar-refractivity contribution in [3.63, 3.8) is 0 Å². The van der Waals surface area contributed by atoms with Crippen molar-refractivity contribution in [1.29, 1.82) is 0 Å². The first kappa shape index (κ1) is 17.2. The Kier molecular flexibility index (Phi) is 6.04. The van der Waals surface area contributed by atoms with Crippen molar-refractivity contribution in [1.82, 2.24) is 10.2 Å². The normalized spacial score (nSPS) is 20.3. The smallest absolute Gasteiger partial charge is 0.234 e. The molecular weight excluding hydrogens is 311 g/mol. The van der Waals surface area contributed by atoms with Gasteiger partial charge in [-0.2, -0.15) is 0 Å². The highest BCUT2D eigenvalue weighted by molar-refractivity contribution is 5.78. The van der Waals surface area contributed by atoms with Crippen LogP contribution in [-0.4, -0.2) is 56.3 Å². The average Bonchev–Trinajstić information content (AvgIpc) is 3.30. The number of hydrogen-bond acceptors (Lipinski definition) is 4. The lowest BCUT2D eigenvalue weighted by molar-refractivity contribution is -0.122. The molecule has 0 aromatic heterocycles. The molecule has 0 bridgehead atoms. The number of carbonyl (C=O) groups excluding carboxylic acids is 1. The molecule has 1 atom stereocenters. The van der Waals surface area contributed by atoms with Gasteiger partial charge in [-0.25, -0.2) is 4.39 Å². The van der Waals surface area contributed by atoms with Gasteiger partial charge in [0.25, 0.3) is 0 Å². The highest BCUT2D eigenvalue weighted by atomic mass is 19.1. The van der Waals surface area contributed by atoms with E-state index in [0.29, 0.717) is 37.4 Å². The van der Waals surface area contributed by atoms with Gasteiger partial charge in [-0.15, -0.1) is 0 Å². The van der Waals surface area contributed by atoms with Gasteiger partial charge in [0.1, 0.15) is 18.2 Å². The number of nitrogens with one attached hydrogen (secondary N) is 1. The van der Waals surface area contributed by atoms with E-state index in [1.54, 1.807) is 12.1 Å². The van der Waals surface area contributed by atoms with Gasteiger partial charge in [-0.1, -0.05) is 0 Å². The van der Waals surface area contributed by atoms with Crippen molar-refractivity contribution in [2.24, 2.45) is 5.92 Å². The molecule has 1 aliphatic carbocycles. The number of hydrogen-bond donors (Lipinski definition) is 1. The molecule has 2 aliphatic rings. The molecule has 1 saturated heterocycles. The molecule has 1 amide bonds. The van der Waals surface area contributed by atoms with Crippen LogP contribution in [-0.2, 0) is 9.53 Å². The van der Waals surface area contributed by atoms with Crippen LogP contribution in [0.2, 0.25) is 0 Å². The van der Waals surface area contributed by atoms with E-state index < -0.39 is 0 Å². The number of nitrogens with zero attached hydrogens (tertiary/aromatic N) is 1. The standard InChI is InChI=1S/C18H25FN2O3/c19-15-1-5-17(6-2-15)24-10-8-20-18(22)12-21(16-3-4-16)11-14-7-9-23-13-14/h1-2,5-6,14,16H,3-4,7-13H2,(H,20,22). The highest BCUT2D eigenvalue weighted by Gasteiger charge is 2.32. The summed E-state index contributed by atoms with van der Waals surface area (Å²) < 4.78 is 23.7. The number of benzene rings is 1. The summed E-state index contributed by atoms with van der Waals surface area (Å²) in [5.74, 6) is 0.902. The Morgan fingerprint density at radius 1 is 1.29 bits per heavy atom. The Morgan fingerprint density at radius 2 is 2.08 bits per heavy atom. The van der Waals surface area contributed by atoms with Gasteiger partial charge >= 0.3 is 0 Å². The molecule has 1 N–H and O–H groups in total. The molecule has 1 aromatic rings. The molecule has 24 heavy (non-hydrogen) atoms. The summed E-state index contributed by atoms with van der Waals surface area (Å²) in [6.45, 7) is 3.87. The zero-order valence-electron chi connectivity index (χ0n) is 13.9. The zero-order chi connectivity index (χ0) is 16.8. The fraction of sp³-hybridized carbons (Fsp3) is 0.611. The molecule has 132 valence electrons. The third kappa shape index (κ3) is 5.46. The van der Waals surface area contributed by atoms with Crippen LogP contribution in [0.3, 0.4) is 0 Å². The molecular formula is C18H25FN2O3. The van der Waals surface area contributed by atoms with E-state index in [1.807, 2.05) is 0 Å². The molecule has 2 fully saturated rings. The summed E-state index contributed by atoms with van der Waals surface area (Å²) in [5.41, 5.74) is 0. The summed E-state index contributed by atoms with van der Waals surface area (Å²) in [5, 5.41) is 2.89. The zero-order valence-corrected chi connectivity index (χ0v) is 13.9. The van der Waals surface area contributed by atoms with Gasteiger partial charge in [-0.3, -0.25) is 9.69 Å². The van der Waals surface area contributed by atoms with Crippen LogP contribution >= 0.6 is 0 Å². The van der Waals surface area contributed by atoms with E-state index in [1.165, 1.54) is 25.0 Å². The van der Waals surface area contributed by atoms with Crippen LogP contribution in [0.15, 0.2) is 24.3 Å². The lowest BCUT2D eigenvalue weighted by Crippen LogP contribution is -2.42. The van der Waals surface area contributed by atoms with Crippen molar-refractivity contribution >= 4 is 5.91 Å². The molecule has 1 unspecified atom stereocenters. The Hall–Kier alpha value is -1.66. The van der Waals surface area contributed by atoms with Crippen molar-refractivity contribution in [2.75, 3.05) is 39.5 Å². The van der Waals surface area contributed by atoms with Gasteiger partial charge < -0.3 is 14.8 Å². The number of amides is 1. The third-order valence-corrected chi connectivity index (χ3v) is 4.43.